The van der Waals surface area contributed by atoms with Gasteiger partial charge >= 0.3 is 6.03 Å². The van der Waals surface area contributed by atoms with E-state index in [1.807, 2.05) is 31.2 Å². The summed E-state index contributed by atoms with van der Waals surface area (Å²) in [4.78, 5) is 10.6. The number of methoxy groups -OCH3 is 1. The van der Waals surface area contributed by atoms with Gasteiger partial charge in [0.1, 0.15) is 5.75 Å². The van der Waals surface area contributed by atoms with E-state index in [2.05, 4.69) is 5.32 Å². The summed E-state index contributed by atoms with van der Waals surface area (Å²) in [5, 5.41) is 2.59. The van der Waals surface area contributed by atoms with Crippen LogP contribution in [-0.4, -0.2) is 13.1 Å². The Balaban J connectivity index is 2.71. The number of ether oxygens (including phenoxy) is 1. The first-order valence-corrected chi connectivity index (χ1v) is 4.33. The molecule has 0 bridgehead atoms. The van der Waals surface area contributed by atoms with Crippen LogP contribution in [0.15, 0.2) is 24.3 Å². The zero-order valence-corrected chi connectivity index (χ0v) is 8.28. The van der Waals surface area contributed by atoms with E-state index in [0.29, 0.717) is 0 Å². The van der Waals surface area contributed by atoms with Crippen molar-refractivity contribution in [2.24, 2.45) is 5.73 Å². The van der Waals surface area contributed by atoms with Gasteiger partial charge in [-0.05, 0) is 24.6 Å². The minimum atomic E-state index is -0.520. The number of benzene rings is 1. The Hall–Kier alpha value is -1.71. The summed E-state index contributed by atoms with van der Waals surface area (Å²) in [7, 11) is 1.61. The molecule has 1 rings (SSSR count). The lowest BCUT2D eigenvalue weighted by atomic mass is 10.1. The van der Waals surface area contributed by atoms with E-state index in [-0.39, 0.29) is 6.04 Å². The van der Waals surface area contributed by atoms with Crippen molar-refractivity contribution in [1.82, 2.24) is 5.32 Å². The molecule has 1 aromatic rings. The number of carbonyl (C=O) groups is 1. The first-order valence-electron chi connectivity index (χ1n) is 4.33. The van der Waals surface area contributed by atoms with Crippen molar-refractivity contribution < 1.29 is 9.53 Å². The monoisotopic (exact) mass is 194 g/mol. The number of nitrogens with one attached hydrogen (secondary N) is 1. The molecular formula is C10H14N2O2. The van der Waals surface area contributed by atoms with Gasteiger partial charge in [-0.25, -0.2) is 4.79 Å². The fourth-order valence-electron chi connectivity index (χ4n) is 1.19. The summed E-state index contributed by atoms with van der Waals surface area (Å²) in [5.41, 5.74) is 6.00. The van der Waals surface area contributed by atoms with Crippen LogP contribution in [-0.2, 0) is 0 Å². The van der Waals surface area contributed by atoms with Crippen LogP contribution in [0.1, 0.15) is 18.5 Å². The standard InChI is InChI=1S/C10H14N2O2/c1-7(12-10(11)13)8-3-5-9(14-2)6-4-8/h3-7H,1-2H3,(H3,11,12,13). The molecule has 4 nitrogen and oxygen atoms in total. The van der Waals surface area contributed by atoms with Crippen molar-refractivity contribution in [3.05, 3.63) is 29.8 Å². The van der Waals surface area contributed by atoms with Gasteiger partial charge in [0.25, 0.3) is 0 Å². The van der Waals surface area contributed by atoms with Crippen LogP contribution >= 0.6 is 0 Å². The molecule has 0 aliphatic carbocycles. The topological polar surface area (TPSA) is 64.3 Å². The van der Waals surface area contributed by atoms with E-state index in [1.54, 1.807) is 7.11 Å². The van der Waals surface area contributed by atoms with Crippen molar-refractivity contribution in [2.45, 2.75) is 13.0 Å². The zero-order chi connectivity index (χ0) is 10.6. The minimum Gasteiger partial charge on any atom is -0.497 e. The third-order valence-electron chi connectivity index (χ3n) is 1.97. The molecular weight excluding hydrogens is 180 g/mol. The van der Waals surface area contributed by atoms with Gasteiger partial charge in [-0.3, -0.25) is 0 Å². The lowest BCUT2D eigenvalue weighted by Crippen LogP contribution is -2.31. The van der Waals surface area contributed by atoms with Crippen molar-refractivity contribution in [3.63, 3.8) is 0 Å². The second-order valence-electron chi connectivity index (χ2n) is 3.00. The number of urea groups is 1. The molecule has 3 N–H and O–H groups in total. The number of rotatable bonds is 3. The molecule has 0 saturated heterocycles. The molecule has 0 fully saturated rings. The molecule has 0 radical (unpaired) electrons. The number of hydrogen-bond donors (Lipinski definition) is 2. The highest BCUT2D eigenvalue weighted by Gasteiger charge is 2.06. The van der Waals surface area contributed by atoms with Crippen molar-refractivity contribution in [1.29, 1.82) is 0 Å². The van der Waals surface area contributed by atoms with Crippen LogP contribution in [0.25, 0.3) is 0 Å². The maximum atomic E-state index is 10.6. The van der Waals surface area contributed by atoms with E-state index in [9.17, 15) is 4.79 Å². The molecule has 1 unspecified atom stereocenters. The van der Waals surface area contributed by atoms with E-state index < -0.39 is 6.03 Å². The van der Waals surface area contributed by atoms with Crippen molar-refractivity contribution in [2.75, 3.05) is 7.11 Å². The van der Waals surface area contributed by atoms with E-state index in [1.165, 1.54) is 0 Å². The summed E-state index contributed by atoms with van der Waals surface area (Å²) < 4.78 is 5.02. The quantitative estimate of drug-likeness (QED) is 0.764. The molecule has 0 aliphatic rings. The van der Waals surface area contributed by atoms with Crippen LogP contribution < -0.4 is 15.8 Å². The highest BCUT2D eigenvalue weighted by atomic mass is 16.5. The summed E-state index contributed by atoms with van der Waals surface area (Å²) in [6.45, 7) is 1.87. The smallest absolute Gasteiger partial charge is 0.312 e. The number of carbonyl (C=O) groups excluding carboxylic acids is 1. The third-order valence-corrected chi connectivity index (χ3v) is 1.97. The molecule has 0 aromatic heterocycles. The Morgan fingerprint density at radius 1 is 1.43 bits per heavy atom. The van der Waals surface area contributed by atoms with Gasteiger partial charge < -0.3 is 15.8 Å². The molecule has 0 saturated carbocycles. The summed E-state index contributed by atoms with van der Waals surface area (Å²) in [6.07, 6.45) is 0. The Bertz CT molecular complexity index is 308. The zero-order valence-electron chi connectivity index (χ0n) is 8.28. The van der Waals surface area contributed by atoms with Gasteiger partial charge in [-0.2, -0.15) is 0 Å². The van der Waals surface area contributed by atoms with Gasteiger partial charge in [0, 0.05) is 0 Å². The Kier molecular flexibility index (Phi) is 3.34. The maximum Gasteiger partial charge on any atom is 0.312 e. The predicted molar refractivity (Wildman–Crippen MR) is 54.1 cm³/mol. The molecule has 4 heteroatoms. The van der Waals surface area contributed by atoms with Crippen LogP contribution in [0.4, 0.5) is 4.79 Å². The highest BCUT2D eigenvalue weighted by molar-refractivity contribution is 5.72. The molecule has 0 aliphatic heterocycles. The second kappa shape index (κ2) is 4.50. The molecule has 76 valence electrons. The first-order chi connectivity index (χ1) is 6.63. The fraction of sp³-hybridized carbons (Fsp3) is 0.300. The maximum absolute atomic E-state index is 10.6. The second-order valence-corrected chi connectivity index (χ2v) is 3.00. The van der Waals surface area contributed by atoms with Crippen LogP contribution in [0.2, 0.25) is 0 Å². The van der Waals surface area contributed by atoms with Gasteiger partial charge in [-0.15, -0.1) is 0 Å². The predicted octanol–water partition coefficient (Wildman–Crippen LogP) is 1.42. The highest BCUT2D eigenvalue weighted by Crippen LogP contribution is 2.16. The van der Waals surface area contributed by atoms with E-state index in [0.717, 1.165) is 11.3 Å². The normalized spacial score (nSPS) is 11.9. The molecule has 14 heavy (non-hydrogen) atoms. The largest absolute Gasteiger partial charge is 0.497 e. The fourth-order valence-corrected chi connectivity index (χ4v) is 1.19. The number of amides is 2. The molecule has 0 heterocycles. The van der Waals surface area contributed by atoms with Gasteiger partial charge in [0.2, 0.25) is 0 Å². The van der Waals surface area contributed by atoms with Gasteiger partial charge in [-0.1, -0.05) is 12.1 Å². The average molecular weight is 194 g/mol. The van der Waals surface area contributed by atoms with Crippen LogP contribution in [0.5, 0.6) is 5.75 Å². The lowest BCUT2D eigenvalue weighted by molar-refractivity contribution is 0.246. The lowest BCUT2D eigenvalue weighted by Gasteiger charge is -2.12. The van der Waals surface area contributed by atoms with Crippen LogP contribution in [0, 0.1) is 0 Å². The first kappa shape index (κ1) is 10.4. The number of hydrogen-bond acceptors (Lipinski definition) is 2. The summed E-state index contributed by atoms with van der Waals surface area (Å²) in [6, 6.07) is 6.86. The summed E-state index contributed by atoms with van der Waals surface area (Å²) in [5.74, 6) is 0.792. The van der Waals surface area contributed by atoms with E-state index in [4.69, 9.17) is 10.5 Å². The Labute approximate surface area is 83.1 Å². The number of primary amides is 1. The molecule has 1 atom stereocenters. The Morgan fingerprint density at radius 2 is 2.00 bits per heavy atom. The molecule has 1 aromatic carbocycles. The van der Waals surface area contributed by atoms with Gasteiger partial charge in [0.15, 0.2) is 0 Å². The van der Waals surface area contributed by atoms with Gasteiger partial charge in [0.05, 0.1) is 13.2 Å². The molecule has 2 amide bonds. The SMILES string of the molecule is COc1ccc(C(C)NC(N)=O)cc1. The van der Waals surface area contributed by atoms with Crippen molar-refractivity contribution >= 4 is 6.03 Å². The molecule has 0 spiro atoms. The summed E-state index contributed by atoms with van der Waals surface area (Å²) >= 11 is 0. The third kappa shape index (κ3) is 2.65. The average Bonchev–Trinajstić information content (AvgIpc) is 2.17. The Morgan fingerprint density at radius 3 is 2.43 bits per heavy atom. The van der Waals surface area contributed by atoms with Crippen molar-refractivity contribution in [3.8, 4) is 5.75 Å². The number of nitrogens with two attached hydrogens (primary N) is 1. The van der Waals surface area contributed by atoms with Crippen LogP contribution in [0.3, 0.4) is 0 Å². The minimum absolute atomic E-state index is 0.0848. The van der Waals surface area contributed by atoms with E-state index >= 15 is 0 Å².